The van der Waals surface area contributed by atoms with E-state index in [9.17, 15) is 9.59 Å². The highest BCUT2D eigenvalue weighted by Gasteiger charge is 2.25. The largest absolute Gasteiger partial charge is 0.480 e. The van der Waals surface area contributed by atoms with Crippen LogP contribution in [0.1, 0.15) is 37.0 Å². The zero-order valence-electron chi connectivity index (χ0n) is 10.8. The molecule has 0 heterocycles. The average Bonchev–Trinajstić information content (AvgIpc) is 2.39. The van der Waals surface area contributed by atoms with E-state index in [1.165, 1.54) is 4.90 Å². The Morgan fingerprint density at radius 3 is 2.39 bits per heavy atom. The summed E-state index contributed by atoms with van der Waals surface area (Å²) in [6.07, 6.45) is 1.72. The van der Waals surface area contributed by atoms with Crippen molar-refractivity contribution in [1.82, 2.24) is 4.90 Å². The highest BCUT2D eigenvalue weighted by atomic mass is 16.4. The standard InChI is InChI=1S/C14H19NO3/c1-3-4-10-15(11(2)14(17)18)13(16)12-8-6-5-7-9-12/h5-9,11H,3-4,10H2,1-2H3,(H,17,18)/t11-/m1/s1. The molecule has 4 heteroatoms. The molecule has 1 aromatic carbocycles. The summed E-state index contributed by atoms with van der Waals surface area (Å²) in [6, 6.07) is 7.98. The fourth-order valence-electron chi connectivity index (χ4n) is 1.68. The molecule has 0 aliphatic heterocycles. The van der Waals surface area contributed by atoms with Gasteiger partial charge < -0.3 is 10.0 Å². The predicted octanol–water partition coefficient (Wildman–Crippen LogP) is 2.40. The molecule has 0 saturated carbocycles. The van der Waals surface area contributed by atoms with E-state index in [0.29, 0.717) is 12.1 Å². The number of carbonyl (C=O) groups excluding carboxylic acids is 1. The van der Waals surface area contributed by atoms with Crippen LogP contribution in [0.25, 0.3) is 0 Å². The molecule has 1 rings (SSSR count). The van der Waals surface area contributed by atoms with Crippen LogP contribution in [0, 0.1) is 0 Å². The third kappa shape index (κ3) is 3.58. The first-order chi connectivity index (χ1) is 8.57. The second kappa shape index (κ2) is 6.79. The maximum absolute atomic E-state index is 12.3. The molecule has 1 aromatic rings. The van der Waals surface area contributed by atoms with Gasteiger partial charge in [-0.25, -0.2) is 4.79 Å². The smallest absolute Gasteiger partial charge is 0.326 e. The van der Waals surface area contributed by atoms with E-state index in [4.69, 9.17) is 5.11 Å². The summed E-state index contributed by atoms with van der Waals surface area (Å²) < 4.78 is 0. The summed E-state index contributed by atoms with van der Waals surface area (Å²) in [5.74, 6) is -1.20. The average molecular weight is 249 g/mol. The van der Waals surface area contributed by atoms with E-state index in [1.54, 1.807) is 31.2 Å². The minimum atomic E-state index is -0.976. The first-order valence-electron chi connectivity index (χ1n) is 6.16. The number of carboxylic acids is 1. The van der Waals surface area contributed by atoms with Gasteiger partial charge in [0.1, 0.15) is 6.04 Å². The molecule has 1 atom stereocenters. The van der Waals surface area contributed by atoms with Gasteiger partial charge >= 0.3 is 5.97 Å². The number of nitrogens with zero attached hydrogens (tertiary/aromatic N) is 1. The number of aliphatic carboxylic acids is 1. The molecule has 1 N–H and O–H groups in total. The number of hydrogen-bond acceptors (Lipinski definition) is 2. The Balaban J connectivity index is 2.89. The van der Waals surface area contributed by atoms with Crippen LogP contribution >= 0.6 is 0 Å². The molecule has 0 spiro atoms. The third-order valence-electron chi connectivity index (χ3n) is 2.86. The van der Waals surface area contributed by atoms with Gasteiger partial charge in [0.15, 0.2) is 0 Å². The van der Waals surface area contributed by atoms with E-state index in [1.807, 2.05) is 13.0 Å². The van der Waals surface area contributed by atoms with Crippen molar-refractivity contribution in [2.45, 2.75) is 32.7 Å². The van der Waals surface area contributed by atoms with Crippen LogP contribution in [0.5, 0.6) is 0 Å². The van der Waals surface area contributed by atoms with Crippen LogP contribution in [0.15, 0.2) is 30.3 Å². The van der Waals surface area contributed by atoms with Crippen molar-refractivity contribution in [2.75, 3.05) is 6.54 Å². The van der Waals surface area contributed by atoms with Gasteiger partial charge in [0.05, 0.1) is 0 Å². The summed E-state index contributed by atoms with van der Waals surface area (Å²) in [7, 11) is 0. The van der Waals surface area contributed by atoms with E-state index in [0.717, 1.165) is 12.8 Å². The van der Waals surface area contributed by atoms with Gasteiger partial charge in [-0.3, -0.25) is 4.79 Å². The lowest BCUT2D eigenvalue weighted by atomic mass is 10.1. The lowest BCUT2D eigenvalue weighted by Gasteiger charge is -2.26. The second-order valence-electron chi connectivity index (χ2n) is 4.23. The summed E-state index contributed by atoms with van der Waals surface area (Å²) in [5, 5.41) is 9.05. The zero-order chi connectivity index (χ0) is 13.5. The van der Waals surface area contributed by atoms with Crippen molar-refractivity contribution in [3.8, 4) is 0 Å². The Morgan fingerprint density at radius 1 is 1.28 bits per heavy atom. The third-order valence-corrected chi connectivity index (χ3v) is 2.86. The van der Waals surface area contributed by atoms with Crippen molar-refractivity contribution in [1.29, 1.82) is 0 Å². The fourth-order valence-corrected chi connectivity index (χ4v) is 1.68. The molecule has 1 amide bonds. The quantitative estimate of drug-likeness (QED) is 0.842. The Kier molecular flexibility index (Phi) is 5.36. The maximum atomic E-state index is 12.3. The van der Waals surface area contributed by atoms with E-state index < -0.39 is 12.0 Å². The van der Waals surface area contributed by atoms with Crippen LogP contribution < -0.4 is 0 Å². The van der Waals surface area contributed by atoms with Crippen molar-refractivity contribution in [3.63, 3.8) is 0 Å². The zero-order valence-corrected chi connectivity index (χ0v) is 10.8. The van der Waals surface area contributed by atoms with Crippen LogP contribution in [-0.4, -0.2) is 34.5 Å². The van der Waals surface area contributed by atoms with Crippen molar-refractivity contribution in [3.05, 3.63) is 35.9 Å². The van der Waals surface area contributed by atoms with Gasteiger partial charge in [0, 0.05) is 12.1 Å². The minimum Gasteiger partial charge on any atom is -0.480 e. The van der Waals surface area contributed by atoms with Gasteiger partial charge in [0.2, 0.25) is 0 Å². The highest BCUT2D eigenvalue weighted by molar-refractivity contribution is 5.96. The number of unbranched alkanes of at least 4 members (excludes halogenated alkanes) is 1. The SMILES string of the molecule is CCCCN(C(=O)c1ccccc1)[C@H](C)C(=O)O. The summed E-state index contributed by atoms with van der Waals surface area (Å²) >= 11 is 0. The van der Waals surface area contributed by atoms with Crippen molar-refractivity contribution < 1.29 is 14.7 Å². The molecule has 0 unspecified atom stereocenters. The van der Waals surface area contributed by atoms with E-state index >= 15 is 0 Å². The van der Waals surface area contributed by atoms with Gasteiger partial charge in [0.25, 0.3) is 5.91 Å². The van der Waals surface area contributed by atoms with Crippen LogP contribution in [0.3, 0.4) is 0 Å². The van der Waals surface area contributed by atoms with Crippen molar-refractivity contribution in [2.24, 2.45) is 0 Å². The minimum absolute atomic E-state index is 0.223. The highest BCUT2D eigenvalue weighted by Crippen LogP contribution is 2.10. The lowest BCUT2D eigenvalue weighted by molar-refractivity contribution is -0.141. The first kappa shape index (κ1) is 14.2. The topological polar surface area (TPSA) is 57.6 Å². The van der Waals surface area contributed by atoms with Crippen LogP contribution in [0.4, 0.5) is 0 Å². The van der Waals surface area contributed by atoms with Crippen LogP contribution in [0.2, 0.25) is 0 Å². The molecular formula is C14H19NO3. The number of carbonyl (C=O) groups is 2. The normalized spacial score (nSPS) is 11.9. The van der Waals surface area contributed by atoms with Gasteiger partial charge in [-0.05, 0) is 25.5 Å². The molecule has 0 saturated heterocycles. The fraction of sp³-hybridized carbons (Fsp3) is 0.429. The number of hydrogen-bond donors (Lipinski definition) is 1. The molecular weight excluding hydrogens is 230 g/mol. The second-order valence-corrected chi connectivity index (χ2v) is 4.23. The van der Waals surface area contributed by atoms with Crippen molar-refractivity contribution >= 4 is 11.9 Å². The molecule has 0 radical (unpaired) electrons. The lowest BCUT2D eigenvalue weighted by Crippen LogP contribution is -2.43. The van der Waals surface area contributed by atoms with Gasteiger partial charge in [-0.1, -0.05) is 31.5 Å². The molecule has 98 valence electrons. The number of carboxylic acid groups (broad SMARTS) is 1. The van der Waals surface area contributed by atoms with E-state index in [2.05, 4.69) is 0 Å². The first-order valence-corrected chi connectivity index (χ1v) is 6.16. The summed E-state index contributed by atoms with van der Waals surface area (Å²) in [6.45, 7) is 4.02. The van der Waals surface area contributed by atoms with Gasteiger partial charge in [-0.15, -0.1) is 0 Å². The molecule has 18 heavy (non-hydrogen) atoms. The number of amides is 1. The maximum Gasteiger partial charge on any atom is 0.326 e. The molecule has 0 aromatic heterocycles. The summed E-state index contributed by atoms with van der Waals surface area (Å²) in [5.41, 5.74) is 0.529. The Bertz CT molecular complexity index is 403. The Labute approximate surface area is 107 Å². The molecule has 0 bridgehead atoms. The van der Waals surface area contributed by atoms with Crippen LogP contribution in [-0.2, 0) is 4.79 Å². The molecule has 4 nitrogen and oxygen atoms in total. The monoisotopic (exact) mass is 249 g/mol. The molecule has 0 aliphatic carbocycles. The Morgan fingerprint density at radius 2 is 1.89 bits per heavy atom. The van der Waals surface area contributed by atoms with E-state index in [-0.39, 0.29) is 5.91 Å². The predicted molar refractivity (Wildman–Crippen MR) is 69.5 cm³/mol. The molecule has 0 fully saturated rings. The molecule has 0 aliphatic rings. The van der Waals surface area contributed by atoms with Gasteiger partial charge in [-0.2, -0.15) is 0 Å². The summed E-state index contributed by atoms with van der Waals surface area (Å²) in [4.78, 5) is 24.7. The number of rotatable bonds is 6. The number of benzene rings is 1. The Hall–Kier alpha value is -1.84.